The molecule has 0 saturated heterocycles. The van der Waals surface area contributed by atoms with Crippen LogP contribution < -0.4 is 5.32 Å². The van der Waals surface area contributed by atoms with Gasteiger partial charge in [-0.05, 0) is 37.6 Å². The molecule has 2 atom stereocenters. The first-order valence-corrected chi connectivity index (χ1v) is 6.79. The van der Waals surface area contributed by atoms with Crippen LogP contribution >= 0.6 is 23.2 Å². The fraction of sp³-hybridized carbons (Fsp3) is 0.385. The highest BCUT2D eigenvalue weighted by Gasteiger charge is 2.17. The number of hydrogen-bond acceptors (Lipinski definition) is 3. The minimum Gasteiger partial charge on any atom is -0.319 e. The summed E-state index contributed by atoms with van der Waals surface area (Å²) in [7, 11) is 1.92. The Morgan fingerprint density at radius 3 is 2.58 bits per heavy atom. The Kier molecular flexibility index (Phi) is 4.45. The first kappa shape index (κ1) is 14.3. The van der Waals surface area contributed by atoms with Gasteiger partial charge in [0.25, 0.3) is 0 Å². The van der Waals surface area contributed by atoms with Crippen molar-refractivity contribution in [1.29, 1.82) is 0 Å². The third-order valence-electron chi connectivity index (χ3n) is 3.06. The van der Waals surface area contributed by atoms with E-state index in [1.807, 2.05) is 37.6 Å². The third-order valence-corrected chi connectivity index (χ3v) is 3.64. The SMILES string of the molecule is CC(NC(C)c1nncn1C)c1cc(Cl)ccc1Cl. The molecule has 1 aromatic heterocycles. The van der Waals surface area contributed by atoms with Gasteiger partial charge in [0, 0.05) is 23.1 Å². The molecule has 2 rings (SSSR count). The summed E-state index contributed by atoms with van der Waals surface area (Å²) in [5.74, 6) is 0.880. The molecular weight excluding hydrogens is 283 g/mol. The largest absolute Gasteiger partial charge is 0.319 e. The smallest absolute Gasteiger partial charge is 0.149 e. The van der Waals surface area contributed by atoms with Crippen molar-refractivity contribution in [1.82, 2.24) is 20.1 Å². The number of aryl methyl sites for hydroxylation is 1. The average molecular weight is 299 g/mol. The van der Waals surface area contributed by atoms with Crippen molar-refractivity contribution in [2.45, 2.75) is 25.9 Å². The van der Waals surface area contributed by atoms with E-state index in [4.69, 9.17) is 23.2 Å². The Morgan fingerprint density at radius 2 is 1.95 bits per heavy atom. The highest BCUT2D eigenvalue weighted by atomic mass is 35.5. The first-order valence-electron chi connectivity index (χ1n) is 6.04. The van der Waals surface area contributed by atoms with Crippen molar-refractivity contribution in [3.05, 3.63) is 46.0 Å². The zero-order valence-electron chi connectivity index (χ0n) is 11.1. The standard InChI is InChI=1S/C13H16Cl2N4/c1-8(11-6-10(14)4-5-12(11)15)17-9(2)13-18-16-7-19(13)3/h4-9,17H,1-3H3. The molecule has 0 aliphatic carbocycles. The lowest BCUT2D eigenvalue weighted by Gasteiger charge is -2.20. The second-order valence-corrected chi connectivity index (χ2v) is 5.42. The molecule has 1 heterocycles. The number of aromatic nitrogens is 3. The molecule has 0 bridgehead atoms. The van der Waals surface area contributed by atoms with Crippen LogP contribution in [0, 0.1) is 0 Å². The van der Waals surface area contributed by atoms with E-state index in [-0.39, 0.29) is 12.1 Å². The lowest BCUT2D eigenvalue weighted by molar-refractivity contribution is 0.466. The van der Waals surface area contributed by atoms with Crippen LogP contribution in [0.3, 0.4) is 0 Å². The van der Waals surface area contributed by atoms with Gasteiger partial charge in [0.15, 0.2) is 0 Å². The average Bonchev–Trinajstić information content (AvgIpc) is 2.78. The van der Waals surface area contributed by atoms with Crippen molar-refractivity contribution in [2.24, 2.45) is 7.05 Å². The molecule has 0 aliphatic rings. The van der Waals surface area contributed by atoms with Crippen LogP contribution in [0.25, 0.3) is 0 Å². The van der Waals surface area contributed by atoms with Crippen LogP contribution in [0.1, 0.15) is 37.3 Å². The second kappa shape index (κ2) is 5.90. The maximum absolute atomic E-state index is 6.20. The summed E-state index contributed by atoms with van der Waals surface area (Å²) in [5.41, 5.74) is 0.975. The molecule has 4 nitrogen and oxygen atoms in total. The molecule has 2 unspecified atom stereocenters. The number of nitrogens with zero attached hydrogens (tertiary/aromatic N) is 3. The zero-order chi connectivity index (χ0) is 14.0. The van der Waals surface area contributed by atoms with Crippen LogP contribution in [0.4, 0.5) is 0 Å². The Hall–Kier alpha value is -1.10. The van der Waals surface area contributed by atoms with E-state index in [9.17, 15) is 0 Å². The normalized spacial score (nSPS) is 14.4. The topological polar surface area (TPSA) is 42.7 Å². The van der Waals surface area contributed by atoms with Gasteiger partial charge in [-0.1, -0.05) is 23.2 Å². The Labute approximate surface area is 122 Å². The van der Waals surface area contributed by atoms with Gasteiger partial charge in [0.1, 0.15) is 12.2 Å². The summed E-state index contributed by atoms with van der Waals surface area (Å²) in [6, 6.07) is 5.61. The van der Waals surface area contributed by atoms with Gasteiger partial charge in [0.05, 0.1) is 6.04 Å². The van der Waals surface area contributed by atoms with Crippen LogP contribution in [0.5, 0.6) is 0 Å². The van der Waals surface area contributed by atoms with Gasteiger partial charge < -0.3 is 9.88 Å². The molecule has 6 heteroatoms. The molecule has 0 radical (unpaired) electrons. The lowest BCUT2D eigenvalue weighted by Crippen LogP contribution is -2.25. The van der Waals surface area contributed by atoms with Crippen molar-refractivity contribution in [3.8, 4) is 0 Å². The molecule has 2 aromatic rings. The van der Waals surface area contributed by atoms with Crippen LogP contribution in [-0.2, 0) is 7.05 Å². The van der Waals surface area contributed by atoms with Gasteiger partial charge in [0.2, 0.25) is 0 Å². The van der Waals surface area contributed by atoms with Crippen LogP contribution in [-0.4, -0.2) is 14.8 Å². The molecular formula is C13H16Cl2N4. The molecule has 0 aliphatic heterocycles. The molecule has 1 aromatic carbocycles. The number of rotatable bonds is 4. The van der Waals surface area contributed by atoms with Crippen molar-refractivity contribution in [3.63, 3.8) is 0 Å². The van der Waals surface area contributed by atoms with Gasteiger partial charge in [-0.2, -0.15) is 0 Å². The monoisotopic (exact) mass is 298 g/mol. The van der Waals surface area contributed by atoms with Crippen molar-refractivity contribution in [2.75, 3.05) is 0 Å². The molecule has 19 heavy (non-hydrogen) atoms. The molecule has 0 spiro atoms. The number of halogens is 2. The van der Waals surface area contributed by atoms with Gasteiger partial charge >= 0.3 is 0 Å². The molecule has 1 N–H and O–H groups in total. The van der Waals surface area contributed by atoms with Crippen molar-refractivity contribution >= 4 is 23.2 Å². The van der Waals surface area contributed by atoms with Crippen LogP contribution in [0.2, 0.25) is 10.0 Å². The predicted octanol–water partition coefficient (Wildman–Crippen LogP) is 3.53. The van der Waals surface area contributed by atoms with E-state index >= 15 is 0 Å². The predicted molar refractivity (Wildman–Crippen MR) is 77.4 cm³/mol. The van der Waals surface area contributed by atoms with Gasteiger partial charge in [-0.3, -0.25) is 0 Å². The molecule has 0 amide bonds. The summed E-state index contributed by atoms with van der Waals surface area (Å²) in [5, 5.41) is 12.8. The molecule has 0 saturated carbocycles. The maximum Gasteiger partial charge on any atom is 0.149 e. The highest BCUT2D eigenvalue weighted by molar-refractivity contribution is 6.33. The molecule has 102 valence electrons. The van der Waals surface area contributed by atoms with E-state index < -0.39 is 0 Å². The Balaban J connectivity index is 2.15. The van der Waals surface area contributed by atoms with E-state index in [0.29, 0.717) is 10.0 Å². The maximum atomic E-state index is 6.20. The number of hydrogen-bond donors (Lipinski definition) is 1. The summed E-state index contributed by atoms with van der Waals surface area (Å²) < 4.78 is 1.89. The van der Waals surface area contributed by atoms with Crippen molar-refractivity contribution < 1.29 is 0 Å². The quantitative estimate of drug-likeness (QED) is 0.939. The van der Waals surface area contributed by atoms with E-state index in [0.717, 1.165) is 11.4 Å². The summed E-state index contributed by atoms with van der Waals surface area (Å²) in [6.45, 7) is 4.09. The summed E-state index contributed by atoms with van der Waals surface area (Å²) in [6.07, 6.45) is 1.69. The minimum absolute atomic E-state index is 0.0672. The number of nitrogens with one attached hydrogen (secondary N) is 1. The lowest BCUT2D eigenvalue weighted by atomic mass is 10.1. The third kappa shape index (κ3) is 3.26. The van der Waals surface area contributed by atoms with Crippen LogP contribution in [0.15, 0.2) is 24.5 Å². The zero-order valence-corrected chi connectivity index (χ0v) is 12.6. The van der Waals surface area contributed by atoms with Gasteiger partial charge in [-0.25, -0.2) is 0 Å². The second-order valence-electron chi connectivity index (χ2n) is 4.58. The fourth-order valence-electron chi connectivity index (χ4n) is 2.07. The fourth-order valence-corrected chi connectivity index (χ4v) is 2.53. The van der Waals surface area contributed by atoms with Gasteiger partial charge in [-0.15, -0.1) is 10.2 Å². The highest BCUT2D eigenvalue weighted by Crippen LogP contribution is 2.27. The molecule has 0 fully saturated rings. The number of benzene rings is 1. The van der Waals surface area contributed by atoms with E-state index in [1.54, 1.807) is 12.4 Å². The van der Waals surface area contributed by atoms with E-state index in [2.05, 4.69) is 15.5 Å². The summed E-state index contributed by atoms with van der Waals surface area (Å²) >= 11 is 12.2. The Bertz CT molecular complexity index is 568. The Morgan fingerprint density at radius 1 is 1.21 bits per heavy atom. The van der Waals surface area contributed by atoms with E-state index in [1.165, 1.54) is 0 Å². The summed E-state index contributed by atoms with van der Waals surface area (Å²) in [4.78, 5) is 0. The minimum atomic E-state index is 0.0672. The first-order chi connectivity index (χ1) is 8.99.